The van der Waals surface area contributed by atoms with Crippen molar-refractivity contribution in [1.29, 1.82) is 0 Å². The molecule has 0 atom stereocenters. The predicted molar refractivity (Wildman–Crippen MR) is 80.0 cm³/mol. The fourth-order valence-electron chi connectivity index (χ4n) is 1.22. The molecule has 6 heteroatoms. The molecule has 1 amide bonds. The number of carbonyl (C=O) groups excluding carboxylic acids is 1. The SMILES string of the molecule is CC(C)(C)OC(=O)NCCC#Cc1c(Cl)cncc1Cl. The number of carbonyl (C=O) groups is 1. The largest absolute Gasteiger partial charge is 0.444 e. The Labute approximate surface area is 128 Å². The first kappa shape index (κ1) is 16.6. The van der Waals surface area contributed by atoms with E-state index in [4.69, 9.17) is 27.9 Å². The van der Waals surface area contributed by atoms with Gasteiger partial charge in [-0.05, 0) is 20.8 Å². The van der Waals surface area contributed by atoms with Crippen molar-refractivity contribution in [3.05, 3.63) is 28.0 Å². The lowest BCUT2D eigenvalue weighted by atomic mass is 10.2. The Balaban J connectivity index is 2.43. The van der Waals surface area contributed by atoms with Crippen molar-refractivity contribution in [3.63, 3.8) is 0 Å². The molecular formula is C14H16Cl2N2O2. The van der Waals surface area contributed by atoms with Crippen molar-refractivity contribution in [2.45, 2.75) is 32.8 Å². The molecule has 1 aromatic rings. The molecule has 0 radical (unpaired) electrons. The molecule has 1 aromatic heterocycles. The zero-order valence-electron chi connectivity index (χ0n) is 11.6. The monoisotopic (exact) mass is 314 g/mol. The Hall–Kier alpha value is -1.44. The van der Waals surface area contributed by atoms with Crippen LogP contribution >= 0.6 is 23.2 Å². The highest BCUT2D eigenvalue weighted by atomic mass is 35.5. The average molecular weight is 315 g/mol. The number of halogens is 2. The Morgan fingerprint density at radius 2 is 1.95 bits per heavy atom. The number of hydrogen-bond donors (Lipinski definition) is 1. The summed E-state index contributed by atoms with van der Waals surface area (Å²) in [7, 11) is 0. The molecule has 0 unspecified atom stereocenters. The van der Waals surface area contributed by atoms with E-state index in [1.807, 2.05) is 0 Å². The third-order valence-electron chi connectivity index (χ3n) is 1.99. The Bertz CT molecular complexity index is 522. The topological polar surface area (TPSA) is 51.2 Å². The van der Waals surface area contributed by atoms with Gasteiger partial charge in [0.05, 0.1) is 15.6 Å². The van der Waals surface area contributed by atoms with Crippen molar-refractivity contribution in [2.75, 3.05) is 6.54 Å². The smallest absolute Gasteiger partial charge is 0.407 e. The summed E-state index contributed by atoms with van der Waals surface area (Å²) < 4.78 is 5.09. The van der Waals surface area contributed by atoms with Crippen LogP contribution in [0.5, 0.6) is 0 Å². The van der Waals surface area contributed by atoms with Crippen LogP contribution in [0.15, 0.2) is 12.4 Å². The van der Waals surface area contributed by atoms with E-state index >= 15 is 0 Å². The second-order valence-corrected chi connectivity index (χ2v) is 5.77. The molecule has 4 nitrogen and oxygen atoms in total. The number of nitrogens with zero attached hydrogens (tertiary/aromatic N) is 1. The summed E-state index contributed by atoms with van der Waals surface area (Å²) in [6, 6.07) is 0. The van der Waals surface area contributed by atoms with E-state index in [-0.39, 0.29) is 0 Å². The van der Waals surface area contributed by atoms with Gasteiger partial charge in [0.1, 0.15) is 5.60 Å². The quantitative estimate of drug-likeness (QED) is 0.669. The molecule has 0 aliphatic rings. The third kappa shape index (κ3) is 6.14. The fourth-order valence-corrected chi connectivity index (χ4v) is 1.68. The Morgan fingerprint density at radius 3 is 2.50 bits per heavy atom. The maximum absolute atomic E-state index is 11.4. The van der Waals surface area contributed by atoms with E-state index in [0.29, 0.717) is 28.6 Å². The molecule has 0 bridgehead atoms. The van der Waals surface area contributed by atoms with Crippen LogP contribution in [0.2, 0.25) is 10.0 Å². The van der Waals surface area contributed by atoms with Crippen molar-refractivity contribution < 1.29 is 9.53 Å². The zero-order chi connectivity index (χ0) is 15.2. The van der Waals surface area contributed by atoms with Gasteiger partial charge in [-0.2, -0.15) is 0 Å². The van der Waals surface area contributed by atoms with Crippen LogP contribution in [0.4, 0.5) is 4.79 Å². The number of hydrogen-bond acceptors (Lipinski definition) is 3. The van der Waals surface area contributed by atoms with Gasteiger partial charge >= 0.3 is 6.09 Å². The predicted octanol–water partition coefficient (Wildman–Crippen LogP) is 3.65. The normalized spacial score (nSPS) is 10.4. The van der Waals surface area contributed by atoms with Crippen LogP contribution in [0.25, 0.3) is 0 Å². The summed E-state index contributed by atoms with van der Waals surface area (Å²) in [6.45, 7) is 5.81. The van der Waals surface area contributed by atoms with Gasteiger partial charge in [0.15, 0.2) is 0 Å². The van der Waals surface area contributed by atoms with E-state index < -0.39 is 11.7 Å². The van der Waals surface area contributed by atoms with Gasteiger partial charge < -0.3 is 10.1 Å². The molecular weight excluding hydrogens is 299 g/mol. The van der Waals surface area contributed by atoms with E-state index in [1.165, 1.54) is 12.4 Å². The molecule has 1 N–H and O–H groups in total. The number of aromatic nitrogens is 1. The van der Waals surface area contributed by atoms with Crippen LogP contribution in [0.3, 0.4) is 0 Å². The van der Waals surface area contributed by atoms with Gasteiger partial charge in [0.25, 0.3) is 0 Å². The Morgan fingerprint density at radius 1 is 1.35 bits per heavy atom. The summed E-state index contributed by atoms with van der Waals surface area (Å²) in [6.07, 6.45) is 2.97. The van der Waals surface area contributed by atoms with Gasteiger partial charge in [-0.15, -0.1) is 0 Å². The number of pyridine rings is 1. The van der Waals surface area contributed by atoms with Gasteiger partial charge in [0, 0.05) is 25.4 Å². The van der Waals surface area contributed by atoms with Gasteiger partial charge in [0.2, 0.25) is 0 Å². The maximum Gasteiger partial charge on any atom is 0.407 e. The third-order valence-corrected chi connectivity index (χ3v) is 2.56. The number of ether oxygens (including phenoxy) is 1. The highest BCUT2D eigenvalue weighted by molar-refractivity contribution is 6.36. The standard InChI is InChI=1S/C14H16Cl2N2O2/c1-14(2,3)20-13(19)18-7-5-4-6-10-11(15)8-17-9-12(10)16/h8-9H,5,7H2,1-3H3,(H,18,19). The van der Waals surface area contributed by atoms with Crippen molar-refractivity contribution in [3.8, 4) is 11.8 Å². The van der Waals surface area contributed by atoms with Crippen molar-refractivity contribution >= 4 is 29.3 Å². The van der Waals surface area contributed by atoms with Crippen LogP contribution < -0.4 is 5.32 Å². The second-order valence-electron chi connectivity index (χ2n) is 4.96. The van der Waals surface area contributed by atoms with Crippen LogP contribution in [0.1, 0.15) is 32.8 Å². The van der Waals surface area contributed by atoms with Crippen molar-refractivity contribution in [1.82, 2.24) is 10.3 Å². The van der Waals surface area contributed by atoms with Crippen LogP contribution in [-0.4, -0.2) is 23.2 Å². The molecule has 0 aliphatic carbocycles. The van der Waals surface area contributed by atoms with Gasteiger partial charge in [-0.1, -0.05) is 35.0 Å². The molecule has 0 spiro atoms. The average Bonchev–Trinajstić information content (AvgIpc) is 2.29. The molecule has 0 aromatic carbocycles. The second kappa shape index (κ2) is 7.37. The summed E-state index contributed by atoms with van der Waals surface area (Å²) in [5.41, 5.74) is 0.0361. The lowest BCUT2D eigenvalue weighted by molar-refractivity contribution is 0.0529. The summed E-state index contributed by atoms with van der Waals surface area (Å²) in [5, 5.41) is 3.43. The molecule has 0 fully saturated rings. The minimum atomic E-state index is -0.506. The lowest BCUT2D eigenvalue weighted by Crippen LogP contribution is -2.32. The first-order valence-corrected chi connectivity index (χ1v) is 6.80. The minimum absolute atomic E-state index is 0.391. The molecule has 108 valence electrons. The number of alkyl carbamates (subject to hydrolysis) is 1. The van der Waals surface area contributed by atoms with E-state index in [2.05, 4.69) is 22.1 Å². The van der Waals surface area contributed by atoms with Crippen LogP contribution in [0, 0.1) is 11.8 Å². The highest BCUT2D eigenvalue weighted by Gasteiger charge is 2.15. The maximum atomic E-state index is 11.4. The zero-order valence-corrected chi connectivity index (χ0v) is 13.1. The van der Waals surface area contributed by atoms with Gasteiger partial charge in [-0.3, -0.25) is 4.98 Å². The van der Waals surface area contributed by atoms with Crippen molar-refractivity contribution in [2.24, 2.45) is 0 Å². The summed E-state index contributed by atoms with van der Waals surface area (Å²) in [5.74, 6) is 5.74. The molecule has 1 heterocycles. The molecule has 0 aliphatic heterocycles. The lowest BCUT2D eigenvalue weighted by Gasteiger charge is -2.19. The number of nitrogens with one attached hydrogen (secondary N) is 1. The van der Waals surface area contributed by atoms with E-state index in [9.17, 15) is 4.79 Å². The summed E-state index contributed by atoms with van der Waals surface area (Å²) >= 11 is 11.9. The molecule has 0 saturated heterocycles. The molecule has 20 heavy (non-hydrogen) atoms. The van der Waals surface area contributed by atoms with E-state index in [0.717, 1.165) is 0 Å². The van der Waals surface area contributed by atoms with Crippen LogP contribution in [-0.2, 0) is 4.74 Å². The van der Waals surface area contributed by atoms with E-state index in [1.54, 1.807) is 20.8 Å². The first-order valence-electron chi connectivity index (χ1n) is 6.04. The number of amides is 1. The molecule has 0 saturated carbocycles. The minimum Gasteiger partial charge on any atom is -0.444 e. The fraction of sp³-hybridized carbons (Fsp3) is 0.429. The number of rotatable bonds is 2. The highest BCUT2D eigenvalue weighted by Crippen LogP contribution is 2.21. The molecule has 1 rings (SSSR count). The summed E-state index contributed by atoms with van der Waals surface area (Å²) in [4.78, 5) is 15.2. The van der Waals surface area contributed by atoms with Gasteiger partial charge in [-0.25, -0.2) is 4.79 Å². The first-order chi connectivity index (χ1) is 9.29. The Kier molecular flexibility index (Phi) is 6.12.